The molecule has 1 aromatic carbocycles. The number of carbonyl (C=O) groups excluding carboxylic acids is 4. The third-order valence-electron chi connectivity index (χ3n) is 4.75. The second-order valence-electron chi connectivity index (χ2n) is 8.29. The SMILES string of the molecule is CC(C)CC(N)C(=O)NC(C)C(=O)NC(Cc1ccccc1)C(=O)NC(CC(N)=O)C(=O)O. The fourth-order valence-corrected chi connectivity index (χ4v) is 3.03. The Labute approximate surface area is 192 Å². The molecule has 0 heterocycles. The van der Waals surface area contributed by atoms with Crippen molar-refractivity contribution in [3.8, 4) is 0 Å². The Hall–Kier alpha value is -3.47. The van der Waals surface area contributed by atoms with Crippen LogP contribution >= 0.6 is 0 Å². The fourth-order valence-electron chi connectivity index (χ4n) is 3.03. The first-order valence-electron chi connectivity index (χ1n) is 10.6. The van der Waals surface area contributed by atoms with Crippen molar-refractivity contribution in [3.63, 3.8) is 0 Å². The molecule has 4 amide bonds. The number of primary amides is 1. The zero-order valence-corrected chi connectivity index (χ0v) is 19.0. The molecular weight excluding hydrogens is 430 g/mol. The van der Waals surface area contributed by atoms with Crippen molar-refractivity contribution in [1.29, 1.82) is 0 Å². The minimum atomic E-state index is -1.55. The number of amides is 4. The molecule has 0 saturated carbocycles. The van der Waals surface area contributed by atoms with E-state index >= 15 is 0 Å². The average molecular weight is 464 g/mol. The Morgan fingerprint density at radius 1 is 0.879 bits per heavy atom. The number of hydrogen-bond donors (Lipinski definition) is 6. The Balaban J connectivity index is 2.94. The molecule has 1 aromatic rings. The van der Waals surface area contributed by atoms with Gasteiger partial charge in [-0.1, -0.05) is 44.2 Å². The van der Waals surface area contributed by atoms with Crippen LogP contribution in [0.4, 0.5) is 0 Å². The molecule has 0 bridgehead atoms. The van der Waals surface area contributed by atoms with E-state index in [9.17, 15) is 29.1 Å². The lowest BCUT2D eigenvalue weighted by atomic mass is 10.0. The topological polar surface area (TPSA) is 194 Å². The largest absolute Gasteiger partial charge is 0.480 e. The first-order valence-corrected chi connectivity index (χ1v) is 10.6. The van der Waals surface area contributed by atoms with E-state index < -0.39 is 60.2 Å². The van der Waals surface area contributed by atoms with Crippen molar-refractivity contribution >= 4 is 29.6 Å². The summed E-state index contributed by atoms with van der Waals surface area (Å²) in [4.78, 5) is 60.2. The zero-order chi connectivity index (χ0) is 25.1. The smallest absolute Gasteiger partial charge is 0.326 e. The van der Waals surface area contributed by atoms with Crippen LogP contribution in [0.25, 0.3) is 0 Å². The van der Waals surface area contributed by atoms with Gasteiger partial charge in [-0.15, -0.1) is 0 Å². The standard InChI is InChI=1S/C22H33N5O6/c1-12(2)9-15(23)20(30)25-13(3)19(29)26-16(10-14-7-5-4-6-8-14)21(31)27-17(22(32)33)11-18(24)28/h4-8,12-13,15-17H,9-11,23H2,1-3H3,(H2,24,28)(H,25,30)(H,26,29)(H,27,31)(H,32,33). The molecule has 33 heavy (non-hydrogen) atoms. The molecule has 4 unspecified atom stereocenters. The van der Waals surface area contributed by atoms with Gasteiger partial charge in [0.1, 0.15) is 18.1 Å². The summed E-state index contributed by atoms with van der Waals surface area (Å²) in [7, 11) is 0. The van der Waals surface area contributed by atoms with E-state index in [0.29, 0.717) is 12.0 Å². The van der Waals surface area contributed by atoms with Crippen molar-refractivity contribution in [1.82, 2.24) is 16.0 Å². The van der Waals surface area contributed by atoms with Crippen LogP contribution in [-0.4, -0.2) is 58.9 Å². The molecule has 0 radical (unpaired) electrons. The molecule has 1 rings (SSSR count). The number of benzene rings is 1. The third-order valence-corrected chi connectivity index (χ3v) is 4.75. The number of aliphatic carboxylic acids is 1. The molecule has 0 aliphatic rings. The second-order valence-corrected chi connectivity index (χ2v) is 8.29. The van der Waals surface area contributed by atoms with Gasteiger partial charge in [-0.3, -0.25) is 19.2 Å². The normalized spacial score (nSPS) is 14.5. The summed E-state index contributed by atoms with van der Waals surface area (Å²) in [6.07, 6.45) is -0.113. The van der Waals surface area contributed by atoms with Gasteiger partial charge in [-0.25, -0.2) is 4.79 Å². The van der Waals surface area contributed by atoms with Gasteiger partial charge in [0.15, 0.2) is 0 Å². The highest BCUT2D eigenvalue weighted by atomic mass is 16.4. The van der Waals surface area contributed by atoms with E-state index in [4.69, 9.17) is 11.5 Å². The fraction of sp³-hybridized carbons (Fsp3) is 0.500. The van der Waals surface area contributed by atoms with E-state index in [-0.39, 0.29) is 12.3 Å². The highest BCUT2D eigenvalue weighted by Crippen LogP contribution is 2.06. The van der Waals surface area contributed by atoms with Crippen molar-refractivity contribution in [3.05, 3.63) is 35.9 Å². The molecule has 11 heteroatoms. The quantitative estimate of drug-likeness (QED) is 0.217. The van der Waals surface area contributed by atoms with Gasteiger partial charge in [0.25, 0.3) is 0 Å². The maximum Gasteiger partial charge on any atom is 0.326 e. The lowest BCUT2D eigenvalue weighted by Gasteiger charge is -2.24. The van der Waals surface area contributed by atoms with Gasteiger partial charge in [-0.05, 0) is 24.8 Å². The predicted molar refractivity (Wildman–Crippen MR) is 120 cm³/mol. The Bertz CT molecular complexity index is 845. The summed E-state index contributed by atoms with van der Waals surface area (Å²) in [5, 5.41) is 16.5. The van der Waals surface area contributed by atoms with Crippen LogP contribution in [0.3, 0.4) is 0 Å². The molecule has 0 fully saturated rings. The molecule has 0 aliphatic carbocycles. The van der Waals surface area contributed by atoms with Gasteiger partial charge in [0, 0.05) is 6.42 Å². The zero-order valence-electron chi connectivity index (χ0n) is 19.0. The molecule has 8 N–H and O–H groups in total. The molecule has 0 spiro atoms. The van der Waals surface area contributed by atoms with E-state index in [1.807, 2.05) is 13.8 Å². The predicted octanol–water partition coefficient (Wildman–Crippen LogP) is -0.963. The number of carboxylic acid groups (broad SMARTS) is 1. The number of carboxylic acids is 1. The lowest BCUT2D eigenvalue weighted by Crippen LogP contribution is -2.57. The van der Waals surface area contributed by atoms with Crippen LogP contribution in [-0.2, 0) is 30.4 Å². The van der Waals surface area contributed by atoms with Crippen molar-refractivity contribution in [2.24, 2.45) is 17.4 Å². The van der Waals surface area contributed by atoms with Crippen LogP contribution in [0, 0.1) is 5.92 Å². The van der Waals surface area contributed by atoms with Gasteiger partial charge in [-0.2, -0.15) is 0 Å². The van der Waals surface area contributed by atoms with Gasteiger partial charge in [0.2, 0.25) is 23.6 Å². The summed E-state index contributed by atoms with van der Waals surface area (Å²) in [5.74, 6) is -4.11. The van der Waals surface area contributed by atoms with Gasteiger partial charge >= 0.3 is 5.97 Å². The van der Waals surface area contributed by atoms with Crippen LogP contribution in [0.1, 0.15) is 39.2 Å². The summed E-state index contributed by atoms with van der Waals surface area (Å²) < 4.78 is 0. The second kappa shape index (κ2) is 13.2. The lowest BCUT2D eigenvalue weighted by molar-refractivity contribution is -0.143. The van der Waals surface area contributed by atoms with Crippen molar-refractivity contribution < 1.29 is 29.1 Å². The first-order chi connectivity index (χ1) is 15.4. The first kappa shape index (κ1) is 27.6. The van der Waals surface area contributed by atoms with E-state index in [1.54, 1.807) is 30.3 Å². The highest BCUT2D eigenvalue weighted by Gasteiger charge is 2.29. The molecule has 0 aliphatic heterocycles. The van der Waals surface area contributed by atoms with Crippen molar-refractivity contribution in [2.45, 2.75) is 64.2 Å². The Morgan fingerprint density at radius 2 is 1.45 bits per heavy atom. The Morgan fingerprint density at radius 3 is 1.97 bits per heavy atom. The van der Waals surface area contributed by atoms with Crippen LogP contribution in [0.2, 0.25) is 0 Å². The minimum absolute atomic E-state index is 0.0504. The molecule has 182 valence electrons. The average Bonchev–Trinajstić information content (AvgIpc) is 2.72. The molecule has 11 nitrogen and oxygen atoms in total. The summed E-state index contributed by atoms with van der Waals surface area (Å²) in [6.45, 7) is 5.28. The minimum Gasteiger partial charge on any atom is -0.480 e. The van der Waals surface area contributed by atoms with Crippen LogP contribution < -0.4 is 27.4 Å². The van der Waals surface area contributed by atoms with Gasteiger partial charge < -0.3 is 32.5 Å². The van der Waals surface area contributed by atoms with Gasteiger partial charge in [0.05, 0.1) is 12.5 Å². The third kappa shape index (κ3) is 10.1. The number of carbonyl (C=O) groups is 5. The maximum absolute atomic E-state index is 12.8. The molecular formula is C22H33N5O6. The maximum atomic E-state index is 12.8. The van der Waals surface area contributed by atoms with E-state index in [0.717, 1.165) is 0 Å². The number of nitrogens with one attached hydrogen (secondary N) is 3. The molecule has 4 atom stereocenters. The van der Waals surface area contributed by atoms with Crippen molar-refractivity contribution in [2.75, 3.05) is 0 Å². The molecule has 0 aromatic heterocycles. The summed E-state index contributed by atoms with van der Waals surface area (Å²) in [6, 6.07) is 4.26. The van der Waals surface area contributed by atoms with E-state index in [2.05, 4.69) is 16.0 Å². The number of hydrogen-bond acceptors (Lipinski definition) is 6. The Kier molecular flexibility index (Phi) is 11.0. The molecule has 0 saturated heterocycles. The van der Waals surface area contributed by atoms with Crippen LogP contribution in [0.5, 0.6) is 0 Å². The highest BCUT2D eigenvalue weighted by molar-refractivity contribution is 5.94. The van der Waals surface area contributed by atoms with E-state index in [1.165, 1.54) is 6.92 Å². The summed E-state index contributed by atoms with van der Waals surface area (Å²) in [5.41, 5.74) is 11.6. The monoisotopic (exact) mass is 463 g/mol. The number of nitrogens with two attached hydrogens (primary N) is 2. The number of rotatable bonds is 13. The van der Waals surface area contributed by atoms with Crippen LogP contribution in [0.15, 0.2) is 30.3 Å². The summed E-state index contributed by atoms with van der Waals surface area (Å²) >= 11 is 0.